The molecule has 0 amide bonds. The van der Waals surface area contributed by atoms with Crippen LogP contribution in [0.5, 0.6) is 0 Å². The van der Waals surface area contributed by atoms with Gasteiger partial charge in [0.25, 0.3) is 0 Å². The monoisotopic (exact) mass is 694 g/mol. The van der Waals surface area contributed by atoms with E-state index in [9.17, 15) is 58.5 Å². The minimum atomic E-state index is -6.05. The molecule has 2 aliphatic carbocycles. The summed E-state index contributed by atoms with van der Waals surface area (Å²) in [5, 5.41) is 23.3. The van der Waals surface area contributed by atoms with Crippen LogP contribution in [0.3, 0.4) is 0 Å². The molecule has 0 heterocycles. The van der Waals surface area contributed by atoms with Gasteiger partial charge in [-0.05, 0) is 12.1 Å². The van der Waals surface area contributed by atoms with E-state index in [1.54, 1.807) is 0 Å². The van der Waals surface area contributed by atoms with E-state index in [1.165, 1.54) is 0 Å². The Hall–Kier alpha value is -3.94. The summed E-state index contributed by atoms with van der Waals surface area (Å²) >= 11 is 0. The number of hydrogen-bond acceptors (Lipinski definition) is 2. The van der Waals surface area contributed by atoms with E-state index in [4.69, 9.17) is 0 Å². The first-order chi connectivity index (χ1) is 21.1. The van der Waals surface area contributed by atoms with Crippen LogP contribution >= 0.6 is 0 Å². The number of halogens is 18. The molecular weight excluding hydrogens is 686 g/mol. The third-order valence-electron chi connectivity index (χ3n) is 7.06. The van der Waals surface area contributed by atoms with Gasteiger partial charge in [0.2, 0.25) is 5.82 Å². The van der Waals surface area contributed by atoms with Gasteiger partial charge in [0.15, 0.2) is 99.9 Å². The summed E-state index contributed by atoms with van der Waals surface area (Å²) in [4.78, 5) is 0. The van der Waals surface area contributed by atoms with Crippen molar-refractivity contribution in [3.05, 3.63) is 116 Å². The highest BCUT2D eigenvalue weighted by Gasteiger charge is 2.67. The fourth-order valence-corrected chi connectivity index (χ4v) is 4.87. The van der Waals surface area contributed by atoms with Crippen LogP contribution < -0.4 is 0 Å². The Bertz CT molecular complexity index is 1770. The van der Waals surface area contributed by atoms with Crippen molar-refractivity contribution in [3.8, 4) is 0 Å². The number of rotatable bonds is 5. The summed E-state index contributed by atoms with van der Waals surface area (Å²) in [5.41, 5.74) is -24.9. The number of benzene rings is 2. The van der Waals surface area contributed by atoms with Crippen LogP contribution in [-0.2, 0) is 11.2 Å². The van der Waals surface area contributed by atoms with Crippen LogP contribution in [0.2, 0.25) is 0 Å². The summed E-state index contributed by atoms with van der Waals surface area (Å²) in [6, 6.07) is -1.02. The normalized spacial score (nSPS) is 25.4. The Morgan fingerprint density at radius 2 is 0.761 bits per heavy atom. The number of allylic oxidation sites excluding steroid dienone is 4. The molecule has 20 heteroatoms. The SMILES string of the molecule is OC(C1=C(F)C(F)C(F)C(F)=C1F)(c1ccc(F)c(F)c1F)C(O)(C1=C(F)C(F)C(F)C(F)=C1F)c1c(F)c(F)c(F)c(F)c1F. The lowest BCUT2D eigenvalue weighted by atomic mass is 9.62. The molecule has 0 aromatic heterocycles. The molecule has 0 aliphatic heterocycles. The molecule has 6 unspecified atom stereocenters. The number of hydrogen-bond donors (Lipinski definition) is 2. The molecule has 2 aromatic rings. The molecule has 0 saturated carbocycles. The van der Waals surface area contributed by atoms with Crippen LogP contribution in [0.1, 0.15) is 11.1 Å². The third-order valence-corrected chi connectivity index (χ3v) is 7.06. The standard InChI is InChI=1S/C26H8F18O2/c27-4-2-1-3(8(28)9(4)29)25(45,5-10(30)16(36)22(42)17(37)11(5)31)26(46,6-12(32)18(38)23(43)19(39)13(6)33)7-14(34)20(40)24(44)21(41)15(7)35/h1-2,16,18,22-23,45-46H. The molecule has 0 spiro atoms. The topological polar surface area (TPSA) is 40.5 Å². The van der Waals surface area contributed by atoms with Crippen LogP contribution in [0.4, 0.5) is 79.0 Å². The molecule has 2 aromatic carbocycles. The molecular formula is C26H8F18O2. The van der Waals surface area contributed by atoms with E-state index < -0.39 is 152 Å². The number of aliphatic hydroxyl groups is 2. The van der Waals surface area contributed by atoms with Crippen molar-refractivity contribution < 1.29 is 89.2 Å². The lowest BCUT2D eigenvalue weighted by Crippen LogP contribution is -2.56. The summed E-state index contributed by atoms with van der Waals surface area (Å²) in [6.45, 7) is 0. The summed E-state index contributed by atoms with van der Waals surface area (Å²) in [7, 11) is 0. The van der Waals surface area contributed by atoms with Crippen LogP contribution in [-0.4, -0.2) is 34.9 Å². The zero-order chi connectivity index (χ0) is 35.1. The van der Waals surface area contributed by atoms with E-state index in [1.807, 2.05) is 0 Å². The van der Waals surface area contributed by atoms with Gasteiger partial charge in [0.1, 0.15) is 11.7 Å². The maximum atomic E-state index is 15.3. The lowest BCUT2D eigenvalue weighted by Gasteiger charge is -2.47. The lowest BCUT2D eigenvalue weighted by molar-refractivity contribution is -0.129. The smallest absolute Gasteiger partial charge is 0.200 e. The molecule has 0 bridgehead atoms. The first kappa shape index (κ1) is 34.9. The molecule has 0 fully saturated rings. The molecule has 2 aliphatic rings. The van der Waals surface area contributed by atoms with E-state index in [0.29, 0.717) is 0 Å². The third kappa shape index (κ3) is 4.39. The van der Waals surface area contributed by atoms with Gasteiger partial charge in [-0.3, -0.25) is 0 Å². The highest BCUT2D eigenvalue weighted by atomic mass is 19.2. The van der Waals surface area contributed by atoms with Crippen molar-refractivity contribution in [2.75, 3.05) is 0 Å². The molecule has 250 valence electrons. The Morgan fingerprint density at radius 1 is 0.413 bits per heavy atom. The van der Waals surface area contributed by atoms with Crippen molar-refractivity contribution in [2.24, 2.45) is 0 Å². The summed E-state index contributed by atoms with van der Waals surface area (Å²) < 4.78 is 264. The van der Waals surface area contributed by atoms with Crippen molar-refractivity contribution in [2.45, 2.75) is 35.9 Å². The maximum Gasteiger partial charge on any atom is 0.200 e. The van der Waals surface area contributed by atoms with Crippen LogP contribution in [0, 0.1) is 46.5 Å². The van der Waals surface area contributed by atoms with Gasteiger partial charge in [-0.2, -0.15) is 0 Å². The highest BCUT2D eigenvalue weighted by molar-refractivity contribution is 5.61. The average molecular weight is 694 g/mol. The zero-order valence-corrected chi connectivity index (χ0v) is 21.2. The molecule has 0 radical (unpaired) electrons. The molecule has 2 nitrogen and oxygen atoms in total. The minimum absolute atomic E-state index is 0.449. The van der Waals surface area contributed by atoms with Crippen molar-refractivity contribution in [1.29, 1.82) is 0 Å². The first-order valence-corrected chi connectivity index (χ1v) is 11.7. The van der Waals surface area contributed by atoms with E-state index >= 15 is 30.7 Å². The van der Waals surface area contributed by atoms with Gasteiger partial charge in [-0.25, -0.2) is 79.0 Å². The molecule has 4 rings (SSSR count). The quantitative estimate of drug-likeness (QED) is 0.189. The molecule has 6 atom stereocenters. The van der Waals surface area contributed by atoms with E-state index in [-0.39, 0.29) is 0 Å². The summed E-state index contributed by atoms with van der Waals surface area (Å²) in [5.74, 6) is -46.2. The Balaban J connectivity index is 2.46. The Kier molecular flexibility index (Phi) is 8.65. The second-order valence-corrected chi connectivity index (χ2v) is 9.47. The van der Waals surface area contributed by atoms with Gasteiger partial charge in [0, 0.05) is 5.56 Å². The number of alkyl halides is 4. The second-order valence-electron chi connectivity index (χ2n) is 9.47. The Labute approximate surface area is 241 Å². The summed E-state index contributed by atoms with van der Waals surface area (Å²) in [6.07, 6.45) is -16.9. The van der Waals surface area contributed by atoms with Crippen molar-refractivity contribution >= 4 is 0 Å². The fourth-order valence-electron chi connectivity index (χ4n) is 4.87. The predicted octanol–water partition coefficient (Wildman–Crippen LogP) is 8.00. The second kappa shape index (κ2) is 11.4. The van der Waals surface area contributed by atoms with Gasteiger partial charge in [0.05, 0.1) is 16.7 Å². The largest absolute Gasteiger partial charge is 0.376 e. The van der Waals surface area contributed by atoms with E-state index in [2.05, 4.69) is 0 Å². The van der Waals surface area contributed by atoms with Gasteiger partial charge < -0.3 is 10.2 Å². The highest BCUT2D eigenvalue weighted by Crippen LogP contribution is 2.60. The van der Waals surface area contributed by atoms with Crippen molar-refractivity contribution in [3.63, 3.8) is 0 Å². The van der Waals surface area contributed by atoms with Crippen molar-refractivity contribution in [1.82, 2.24) is 0 Å². The zero-order valence-electron chi connectivity index (χ0n) is 21.2. The molecule has 0 saturated heterocycles. The van der Waals surface area contributed by atoms with Gasteiger partial charge in [-0.1, -0.05) is 0 Å². The van der Waals surface area contributed by atoms with Crippen LogP contribution in [0.15, 0.2) is 58.2 Å². The van der Waals surface area contributed by atoms with Gasteiger partial charge in [-0.15, -0.1) is 0 Å². The van der Waals surface area contributed by atoms with Gasteiger partial charge >= 0.3 is 0 Å². The van der Waals surface area contributed by atoms with E-state index in [0.717, 1.165) is 0 Å². The first-order valence-electron chi connectivity index (χ1n) is 11.7. The predicted molar refractivity (Wildman–Crippen MR) is 115 cm³/mol. The maximum absolute atomic E-state index is 15.3. The van der Waals surface area contributed by atoms with Crippen LogP contribution in [0.25, 0.3) is 0 Å². The Morgan fingerprint density at radius 3 is 1.17 bits per heavy atom. The molecule has 46 heavy (non-hydrogen) atoms. The average Bonchev–Trinajstić information content (AvgIpc) is 3.01. The minimum Gasteiger partial charge on any atom is -0.376 e. The fraction of sp³-hybridized carbons (Fsp3) is 0.231. The molecule has 2 N–H and O–H groups in total.